The van der Waals surface area contributed by atoms with Gasteiger partial charge in [-0.3, -0.25) is 37.3 Å². The summed E-state index contributed by atoms with van der Waals surface area (Å²) >= 11 is 0. The van der Waals surface area contributed by atoms with E-state index in [0.717, 1.165) is 161 Å². The molecule has 0 saturated carbocycles. The number of phosphoric ester groups is 2. The minimum atomic E-state index is -5.03. The topological polar surface area (TPSA) is 237 Å². The maximum absolute atomic E-state index is 13.1. The summed E-state index contributed by atoms with van der Waals surface area (Å²) < 4.78 is 68.3. The Labute approximate surface area is 627 Å². The van der Waals surface area contributed by atoms with Crippen LogP contribution in [0.5, 0.6) is 0 Å². The van der Waals surface area contributed by atoms with E-state index in [9.17, 15) is 43.2 Å². The van der Waals surface area contributed by atoms with Crippen LogP contribution >= 0.6 is 15.6 Å². The van der Waals surface area contributed by atoms with Crippen LogP contribution < -0.4 is 0 Å². The fourth-order valence-corrected chi connectivity index (χ4v) is 10.6. The van der Waals surface area contributed by atoms with Gasteiger partial charge in [0.05, 0.1) is 32.8 Å². The molecule has 0 aromatic carbocycles. The van der Waals surface area contributed by atoms with Gasteiger partial charge >= 0.3 is 39.5 Å². The molecule has 17 nitrogen and oxygen atoms in total. The summed E-state index contributed by atoms with van der Waals surface area (Å²) in [4.78, 5) is 72.8. The zero-order valence-electron chi connectivity index (χ0n) is 63.6. The summed E-state index contributed by atoms with van der Waals surface area (Å²) in [5.74, 6) is -2.47. The van der Waals surface area contributed by atoms with Gasteiger partial charge in [-0.05, 0) is 161 Å². The lowest BCUT2D eigenvalue weighted by Crippen LogP contribution is -2.30. The minimum Gasteiger partial charge on any atom is -0.462 e. The van der Waals surface area contributed by atoms with Gasteiger partial charge in [0.1, 0.15) is 19.3 Å². The van der Waals surface area contributed by atoms with Crippen LogP contribution in [-0.2, 0) is 65.4 Å². The first kappa shape index (κ1) is 97.6. The Morgan fingerprint density at radius 3 is 0.904 bits per heavy atom. The monoisotopic (exact) mass is 1490 g/mol. The van der Waals surface area contributed by atoms with Gasteiger partial charge in [-0.1, -0.05) is 266 Å². The number of unbranched alkanes of at least 4 members (excludes halogenated alkanes) is 10. The van der Waals surface area contributed by atoms with Crippen molar-refractivity contribution in [2.75, 3.05) is 39.6 Å². The average molecular weight is 1490 g/mol. The quantitative estimate of drug-likeness (QED) is 0.0169. The number of esters is 4. The highest BCUT2D eigenvalue weighted by Gasteiger charge is 2.30. The number of allylic oxidation sites excluding steroid dienone is 33. The van der Waals surface area contributed by atoms with E-state index < -0.39 is 97.5 Å². The maximum Gasteiger partial charge on any atom is 0.472 e. The van der Waals surface area contributed by atoms with E-state index in [-0.39, 0.29) is 25.7 Å². The molecule has 19 heteroatoms. The van der Waals surface area contributed by atoms with Crippen molar-refractivity contribution in [2.45, 2.75) is 264 Å². The third kappa shape index (κ3) is 73.9. The Morgan fingerprint density at radius 1 is 0.288 bits per heavy atom. The van der Waals surface area contributed by atoms with Crippen molar-refractivity contribution in [3.8, 4) is 0 Å². The number of hydrogen-bond acceptors (Lipinski definition) is 15. The Balaban J connectivity index is 5.53. The molecule has 0 bridgehead atoms. The van der Waals surface area contributed by atoms with Gasteiger partial charge in [0.2, 0.25) is 0 Å². The first-order valence-electron chi connectivity index (χ1n) is 38.3. The van der Waals surface area contributed by atoms with Crippen LogP contribution in [0.25, 0.3) is 0 Å². The van der Waals surface area contributed by atoms with Gasteiger partial charge in [-0.2, -0.15) is 0 Å². The molecule has 5 atom stereocenters. The summed E-state index contributed by atoms with van der Waals surface area (Å²) in [6, 6.07) is 0. The lowest BCUT2D eigenvalue weighted by Gasteiger charge is -2.21. The number of carbonyl (C=O) groups is 4. The highest BCUT2D eigenvalue weighted by Crippen LogP contribution is 2.45. The van der Waals surface area contributed by atoms with Crippen molar-refractivity contribution in [1.29, 1.82) is 0 Å². The van der Waals surface area contributed by atoms with E-state index >= 15 is 0 Å². The highest BCUT2D eigenvalue weighted by molar-refractivity contribution is 7.47. The van der Waals surface area contributed by atoms with Crippen LogP contribution in [0, 0.1) is 0 Å². The van der Waals surface area contributed by atoms with Crippen molar-refractivity contribution in [3.63, 3.8) is 0 Å². The molecule has 0 saturated heterocycles. The summed E-state index contributed by atoms with van der Waals surface area (Å²) in [5.41, 5.74) is 0. The lowest BCUT2D eigenvalue weighted by molar-refractivity contribution is -0.161. The molecule has 0 spiro atoms. The van der Waals surface area contributed by atoms with Crippen molar-refractivity contribution in [3.05, 3.63) is 207 Å². The molecule has 104 heavy (non-hydrogen) atoms. The van der Waals surface area contributed by atoms with Crippen LogP contribution in [0.2, 0.25) is 0 Å². The lowest BCUT2D eigenvalue weighted by atomic mass is 10.1. The SMILES string of the molecule is CC/C=C\C/C=C\C/C=C\C/C=C\C/C=C\CCCCCC(=O)OCC(COP(=O)(O)OCC(O)COP(=O)(O)OCC(COC(=O)CCC/C=C\C/C=C\C/C=C\C/C=C\C/C=C\CC)OC(=O)C/C=C\C/C=C\C/C=C\C/C=C\C/C=C\CC)OC(=O)CCCCCCC/C=C\C/C=C\CCC. The average Bonchev–Trinajstić information content (AvgIpc) is 0.939. The van der Waals surface area contributed by atoms with E-state index in [1.165, 1.54) is 0 Å². The first-order valence-corrected chi connectivity index (χ1v) is 41.3. The third-order valence-electron chi connectivity index (χ3n) is 14.7. The number of carbonyl (C=O) groups excluding carboxylic acids is 4. The Kier molecular flexibility index (Phi) is 70.3. The smallest absolute Gasteiger partial charge is 0.462 e. The van der Waals surface area contributed by atoms with Crippen molar-refractivity contribution >= 4 is 39.5 Å². The van der Waals surface area contributed by atoms with Crippen molar-refractivity contribution in [2.24, 2.45) is 0 Å². The predicted octanol–water partition coefficient (Wildman–Crippen LogP) is 22.3. The molecule has 0 fully saturated rings. The molecule has 0 rings (SSSR count). The zero-order chi connectivity index (χ0) is 76.0. The van der Waals surface area contributed by atoms with E-state index in [4.69, 9.17) is 37.0 Å². The van der Waals surface area contributed by atoms with Crippen LogP contribution in [-0.4, -0.2) is 96.7 Å². The van der Waals surface area contributed by atoms with Gasteiger partial charge in [0, 0.05) is 19.3 Å². The minimum absolute atomic E-state index is 0.0541. The molecule has 0 amide bonds. The van der Waals surface area contributed by atoms with E-state index in [0.29, 0.717) is 32.1 Å². The standard InChI is InChI=1S/C85H132O17P2/c1-5-9-13-17-21-25-29-33-36-38-39-41-44-47-50-54-58-62-66-70-83(88)95-75-80(101-84(89)71-67-63-59-55-51-45-32-28-24-20-16-12-8-4)77-99-103(91,92)97-73-79(86)74-98-104(93,94)100-78-81(102-85(90)72-68-64-60-56-52-48-42-35-31-27-23-19-15-11-7-3)76-96-82(87)69-65-61-57-53-49-46-43-40-37-34-30-26-22-18-14-10-6-2/h9-11,13-16,20-23,25-28,32-37,39,41-43,46-47,50,52-53,56-57,64,68,79-81,86H,5-8,12,17-19,24,29-31,38,40,44-45,48-49,51,54-55,58-63,65-67,69-78H2,1-4H3,(H,91,92)(H,93,94)/b13-9-,14-10-,15-11-,20-16-,25-21-,26-22-,27-23-,32-28-,36-33-,37-34-,41-39-,42-35-,46-43-,50-47-,56-52-,57-53-,68-64-. The summed E-state index contributed by atoms with van der Waals surface area (Å²) in [6.07, 6.45) is 92.9. The van der Waals surface area contributed by atoms with Crippen LogP contribution in [0.4, 0.5) is 0 Å². The molecule has 0 heterocycles. The Hall–Kier alpha value is -6.36. The maximum atomic E-state index is 13.1. The number of aliphatic hydroxyl groups is 1. The van der Waals surface area contributed by atoms with Gasteiger partial charge in [-0.25, -0.2) is 9.13 Å². The van der Waals surface area contributed by atoms with Crippen LogP contribution in [0.15, 0.2) is 207 Å². The molecule has 584 valence electrons. The fraction of sp³-hybridized carbons (Fsp3) is 0.553. The van der Waals surface area contributed by atoms with Gasteiger partial charge < -0.3 is 33.8 Å². The Bertz CT molecular complexity index is 2790. The second-order valence-corrected chi connectivity index (χ2v) is 27.4. The number of hydrogen-bond donors (Lipinski definition) is 3. The largest absolute Gasteiger partial charge is 0.472 e. The number of rotatable bonds is 69. The van der Waals surface area contributed by atoms with E-state index in [1.54, 1.807) is 12.2 Å². The first-order chi connectivity index (χ1) is 50.7. The Morgan fingerprint density at radius 2 is 0.548 bits per heavy atom. The second kappa shape index (κ2) is 74.9. The molecular formula is C85H132O17P2. The molecule has 0 radical (unpaired) electrons. The van der Waals surface area contributed by atoms with Gasteiger partial charge in [-0.15, -0.1) is 0 Å². The van der Waals surface area contributed by atoms with Gasteiger partial charge in [0.25, 0.3) is 0 Å². The molecule has 0 aliphatic carbocycles. The normalized spacial score (nSPS) is 15.0. The van der Waals surface area contributed by atoms with E-state index in [2.05, 4.69) is 198 Å². The number of aliphatic hydroxyl groups excluding tert-OH is 1. The molecule has 0 aromatic rings. The highest BCUT2D eigenvalue weighted by atomic mass is 31.2. The van der Waals surface area contributed by atoms with Gasteiger partial charge in [0.15, 0.2) is 12.2 Å². The zero-order valence-corrected chi connectivity index (χ0v) is 65.4. The van der Waals surface area contributed by atoms with Crippen molar-refractivity contribution in [1.82, 2.24) is 0 Å². The van der Waals surface area contributed by atoms with Crippen LogP contribution in [0.3, 0.4) is 0 Å². The molecule has 0 aromatic heterocycles. The fourth-order valence-electron chi connectivity index (χ4n) is 9.04. The second-order valence-electron chi connectivity index (χ2n) is 24.5. The summed E-state index contributed by atoms with van der Waals surface area (Å²) in [5, 5.41) is 10.6. The predicted molar refractivity (Wildman–Crippen MR) is 426 cm³/mol. The number of ether oxygens (including phenoxy) is 4. The summed E-state index contributed by atoms with van der Waals surface area (Å²) in [7, 11) is -10.0. The molecule has 0 aliphatic heterocycles. The molecular weight excluding hydrogens is 1350 g/mol. The van der Waals surface area contributed by atoms with E-state index in [1.807, 2.05) is 24.3 Å². The molecule has 5 unspecified atom stereocenters. The number of phosphoric acid groups is 2. The van der Waals surface area contributed by atoms with Crippen LogP contribution in [0.1, 0.15) is 246 Å². The molecule has 0 aliphatic rings. The molecule has 3 N–H and O–H groups in total. The summed E-state index contributed by atoms with van der Waals surface area (Å²) in [6.45, 7) is 4.18. The van der Waals surface area contributed by atoms with Crippen molar-refractivity contribution < 1.29 is 80.2 Å². The third-order valence-corrected chi connectivity index (χ3v) is 16.6.